The summed E-state index contributed by atoms with van der Waals surface area (Å²) in [5.41, 5.74) is 0.435. The molecule has 0 aliphatic carbocycles. The van der Waals surface area contributed by atoms with Crippen LogP contribution in [0.3, 0.4) is 0 Å². The van der Waals surface area contributed by atoms with Gasteiger partial charge in [-0.3, -0.25) is 4.79 Å². The molecule has 0 saturated carbocycles. The fraction of sp³-hybridized carbons (Fsp3) is 0.250. The Bertz CT molecular complexity index is 1020. The summed E-state index contributed by atoms with van der Waals surface area (Å²) < 4.78 is 46.4. The molecule has 0 bridgehead atoms. The van der Waals surface area contributed by atoms with Crippen LogP contribution in [-0.4, -0.2) is 38.8 Å². The molecule has 0 aliphatic heterocycles. The summed E-state index contributed by atoms with van der Waals surface area (Å²) in [5.74, 6) is -0.721. The molecule has 2 aromatic rings. The summed E-state index contributed by atoms with van der Waals surface area (Å²) in [4.78, 5) is 12.4. The van der Waals surface area contributed by atoms with E-state index in [9.17, 15) is 17.6 Å². The molecule has 1 amide bonds. The van der Waals surface area contributed by atoms with Gasteiger partial charge >= 0.3 is 0 Å². The smallest absolute Gasteiger partial charge is 0.248 e. The summed E-state index contributed by atoms with van der Waals surface area (Å²) in [6, 6.07) is 8.62. The predicted molar refractivity (Wildman–Crippen MR) is 115 cm³/mol. The summed E-state index contributed by atoms with van der Waals surface area (Å²) in [5, 5.41) is 2.59. The Kier molecular flexibility index (Phi) is 7.95. The third-order valence-electron chi connectivity index (χ3n) is 4.14. The van der Waals surface area contributed by atoms with Crippen LogP contribution in [0.15, 0.2) is 51.8 Å². The minimum absolute atomic E-state index is 0.0410. The van der Waals surface area contributed by atoms with Crippen molar-refractivity contribution in [2.75, 3.05) is 25.5 Å². The van der Waals surface area contributed by atoms with Gasteiger partial charge in [0.15, 0.2) is 0 Å². The van der Waals surface area contributed by atoms with Crippen molar-refractivity contribution in [3.8, 4) is 5.75 Å². The Balaban J connectivity index is 2.30. The number of nitrogens with zero attached hydrogens (tertiary/aromatic N) is 1. The van der Waals surface area contributed by atoms with Crippen LogP contribution in [0.1, 0.15) is 19.4 Å². The minimum atomic E-state index is -3.70. The Morgan fingerprint density at radius 2 is 1.90 bits per heavy atom. The number of rotatable bonds is 8. The van der Waals surface area contributed by atoms with Crippen molar-refractivity contribution >= 4 is 43.6 Å². The highest BCUT2D eigenvalue weighted by Gasteiger charge is 2.23. The fourth-order valence-corrected chi connectivity index (χ4v) is 4.50. The molecule has 2 rings (SSSR count). The van der Waals surface area contributed by atoms with Crippen molar-refractivity contribution in [2.45, 2.75) is 18.7 Å². The van der Waals surface area contributed by atoms with Crippen molar-refractivity contribution < 1.29 is 22.3 Å². The number of anilines is 1. The SMILES string of the molecule is CCN(CC)S(=O)(=O)c1ccc(OC)c(NC(=O)/C=C/c2cc(Br)ccc2F)c1. The molecule has 0 aliphatic rings. The number of carbonyl (C=O) groups excluding carboxylic acids is 1. The summed E-state index contributed by atoms with van der Waals surface area (Å²) in [7, 11) is -2.28. The number of halogens is 2. The average molecular weight is 485 g/mol. The first-order chi connectivity index (χ1) is 13.7. The van der Waals surface area contributed by atoms with E-state index in [2.05, 4.69) is 21.2 Å². The largest absolute Gasteiger partial charge is 0.495 e. The van der Waals surface area contributed by atoms with Gasteiger partial charge < -0.3 is 10.1 Å². The molecule has 0 saturated heterocycles. The summed E-state index contributed by atoms with van der Waals surface area (Å²) in [6.07, 6.45) is 2.49. The van der Waals surface area contributed by atoms with Gasteiger partial charge in [-0.25, -0.2) is 12.8 Å². The highest BCUT2D eigenvalue weighted by molar-refractivity contribution is 9.10. The number of amides is 1. The van der Waals surface area contributed by atoms with Gasteiger partial charge in [0.1, 0.15) is 11.6 Å². The van der Waals surface area contributed by atoms with E-state index < -0.39 is 21.7 Å². The van der Waals surface area contributed by atoms with Gasteiger partial charge in [0.2, 0.25) is 15.9 Å². The van der Waals surface area contributed by atoms with Crippen LogP contribution in [0.5, 0.6) is 5.75 Å². The second-order valence-corrected chi connectivity index (χ2v) is 8.79. The topological polar surface area (TPSA) is 75.7 Å². The van der Waals surface area contributed by atoms with Crippen LogP contribution in [0.25, 0.3) is 6.08 Å². The first-order valence-electron chi connectivity index (χ1n) is 8.85. The van der Waals surface area contributed by atoms with Crippen LogP contribution in [0.2, 0.25) is 0 Å². The molecule has 9 heteroatoms. The van der Waals surface area contributed by atoms with E-state index in [0.717, 1.165) is 6.08 Å². The zero-order valence-corrected chi connectivity index (χ0v) is 18.7. The second kappa shape index (κ2) is 10.00. The molecular formula is C20H22BrFN2O4S. The number of ether oxygens (including phenoxy) is 1. The summed E-state index contributed by atoms with van der Waals surface area (Å²) in [6.45, 7) is 4.15. The number of hydrogen-bond acceptors (Lipinski definition) is 4. The molecule has 6 nitrogen and oxygen atoms in total. The molecule has 2 aromatic carbocycles. The van der Waals surface area contributed by atoms with Gasteiger partial charge in [0.05, 0.1) is 17.7 Å². The van der Waals surface area contributed by atoms with Crippen LogP contribution >= 0.6 is 15.9 Å². The molecule has 0 atom stereocenters. The average Bonchev–Trinajstić information content (AvgIpc) is 2.69. The fourth-order valence-electron chi connectivity index (χ4n) is 2.64. The lowest BCUT2D eigenvalue weighted by Crippen LogP contribution is -2.30. The molecular weight excluding hydrogens is 463 g/mol. The molecule has 0 aromatic heterocycles. The lowest BCUT2D eigenvalue weighted by molar-refractivity contribution is -0.111. The maximum Gasteiger partial charge on any atom is 0.248 e. The third kappa shape index (κ3) is 5.65. The lowest BCUT2D eigenvalue weighted by Gasteiger charge is -2.19. The molecule has 0 radical (unpaired) electrons. The first-order valence-corrected chi connectivity index (χ1v) is 11.1. The van der Waals surface area contributed by atoms with Gasteiger partial charge in [-0.15, -0.1) is 0 Å². The van der Waals surface area contributed by atoms with Crippen LogP contribution in [-0.2, 0) is 14.8 Å². The second-order valence-electron chi connectivity index (χ2n) is 5.94. The maximum absolute atomic E-state index is 13.8. The molecule has 0 unspecified atom stereocenters. The van der Waals surface area contributed by atoms with E-state index in [1.165, 1.54) is 47.8 Å². The van der Waals surface area contributed by atoms with Crippen molar-refractivity contribution in [3.63, 3.8) is 0 Å². The first kappa shape index (κ1) is 23.1. The van der Waals surface area contributed by atoms with E-state index in [4.69, 9.17) is 4.74 Å². The monoisotopic (exact) mass is 484 g/mol. The predicted octanol–water partition coefficient (Wildman–Crippen LogP) is 4.28. The molecule has 156 valence electrons. The zero-order chi connectivity index (χ0) is 21.6. The standard InChI is InChI=1S/C20H22BrFN2O4S/c1-4-24(5-2)29(26,27)16-8-10-19(28-3)18(13-16)23-20(25)11-6-14-12-15(21)7-9-17(14)22/h6-13H,4-5H2,1-3H3,(H,23,25)/b11-6+. The van der Waals surface area contributed by atoms with Crippen molar-refractivity contribution in [1.29, 1.82) is 0 Å². The Hall–Kier alpha value is -2.23. The van der Waals surface area contributed by atoms with Gasteiger partial charge in [-0.1, -0.05) is 29.8 Å². The van der Waals surface area contributed by atoms with Crippen molar-refractivity contribution in [3.05, 3.63) is 58.3 Å². The number of sulfonamides is 1. The van der Waals surface area contributed by atoms with Crippen molar-refractivity contribution in [1.82, 2.24) is 4.31 Å². The number of carbonyl (C=O) groups is 1. The molecule has 1 N–H and O–H groups in total. The van der Waals surface area contributed by atoms with Crippen LogP contribution < -0.4 is 10.1 Å². The molecule has 29 heavy (non-hydrogen) atoms. The van der Waals surface area contributed by atoms with Gasteiger partial charge in [-0.05, 0) is 42.5 Å². The van der Waals surface area contributed by atoms with E-state index in [1.807, 2.05) is 0 Å². The van der Waals surface area contributed by atoms with Crippen molar-refractivity contribution in [2.24, 2.45) is 0 Å². The normalized spacial score (nSPS) is 11.8. The molecule has 0 fully saturated rings. The highest BCUT2D eigenvalue weighted by atomic mass is 79.9. The number of hydrogen-bond donors (Lipinski definition) is 1. The van der Waals surface area contributed by atoms with Gasteiger partial charge in [-0.2, -0.15) is 4.31 Å². The summed E-state index contributed by atoms with van der Waals surface area (Å²) >= 11 is 3.25. The number of methoxy groups -OCH3 is 1. The van der Waals surface area contributed by atoms with E-state index in [-0.39, 0.29) is 16.1 Å². The minimum Gasteiger partial charge on any atom is -0.495 e. The number of benzene rings is 2. The number of nitrogens with one attached hydrogen (secondary N) is 1. The Morgan fingerprint density at radius 1 is 1.21 bits per heavy atom. The van der Waals surface area contributed by atoms with Crippen LogP contribution in [0, 0.1) is 5.82 Å². The maximum atomic E-state index is 13.8. The zero-order valence-electron chi connectivity index (χ0n) is 16.3. The molecule has 0 spiro atoms. The van der Waals surface area contributed by atoms with E-state index >= 15 is 0 Å². The quantitative estimate of drug-likeness (QED) is 0.567. The third-order valence-corrected chi connectivity index (χ3v) is 6.68. The van der Waals surface area contributed by atoms with E-state index in [0.29, 0.717) is 23.3 Å². The van der Waals surface area contributed by atoms with E-state index in [1.54, 1.807) is 19.9 Å². The van der Waals surface area contributed by atoms with Gasteiger partial charge in [0.25, 0.3) is 0 Å². The highest BCUT2D eigenvalue weighted by Crippen LogP contribution is 2.29. The lowest BCUT2D eigenvalue weighted by atomic mass is 10.2. The Morgan fingerprint density at radius 3 is 2.52 bits per heavy atom. The van der Waals surface area contributed by atoms with Crippen LogP contribution in [0.4, 0.5) is 10.1 Å². The molecule has 0 heterocycles. The van der Waals surface area contributed by atoms with Gasteiger partial charge in [0, 0.05) is 29.2 Å². The Labute approximate surface area is 178 Å².